The number of hydrazone groups is 1. The highest BCUT2D eigenvalue weighted by Gasteiger charge is 2.08. The second kappa shape index (κ2) is 7.07. The minimum absolute atomic E-state index is 0.0149. The smallest absolute Gasteiger partial charge is 0.266 e. The van der Waals surface area contributed by atoms with E-state index >= 15 is 0 Å². The standard InChI is InChI=1S/C15H14N4O3/c1-12(13-5-7-14(8-6-13)19(21)22)16-17-15(20)11-18-9-3-2-4-10-18/h2-10H,11H2,1H3/p+1/b16-12+. The number of amides is 1. The summed E-state index contributed by atoms with van der Waals surface area (Å²) in [6.07, 6.45) is 3.57. The minimum atomic E-state index is -0.463. The molecule has 0 fully saturated rings. The number of carbonyl (C=O) groups is 1. The first kappa shape index (κ1) is 15.3. The van der Waals surface area contributed by atoms with Crippen molar-refractivity contribution in [3.8, 4) is 0 Å². The van der Waals surface area contributed by atoms with Crippen LogP contribution in [-0.4, -0.2) is 16.5 Å². The Morgan fingerprint density at radius 1 is 1.23 bits per heavy atom. The molecule has 0 saturated heterocycles. The summed E-state index contributed by atoms with van der Waals surface area (Å²) in [7, 11) is 0. The number of pyridine rings is 1. The van der Waals surface area contributed by atoms with E-state index in [9.17, 15) is 14.9 Å². The van der Waals surface area contributed by atoms with Crippen molar-refractivity contribution in [3.63, 3.8) is 0 Å². The summed E-state index contributed by atoms with van der Waals surface area (Å²) >= 11 is 0. The third-order valence-electron chi connectivity index (χ3n) is 2.95. The molecule has 0 unspecified atom stereocenters. The Bertz CT molecular complexity index is 696. The van der Waals surface area contributed by atoms with Crippen LogP contribution in [0.1, 0.15) is 12.5 Å². The van der Waals surface area contributed by atoms with Crippen LogP contribution in [0.3, 0.4) is 0 Å². The number of hydrogen-bond acceptors (Lipinski definition) is 4. The number of benzene rings is 1. The van der Waals surface area contributed by atoms with Gasteiger partial charge in [-0.3, -0.25) is 14.9 Å². The molecule has 0 aliphatic heterocycles. The van der Waals surface area contributed by atoms with E-state index in [0.29, 0.717) is 11.3 Å². The van der Waals surface area contributed by atoms with Gasteiger partial charge in [-0.25, -0.2) is 5.43 Å². The number of hydrogen-bond donors (Lipinski definition) is 1. The van der Waals surface area contributed by atoms with Crippen LogP contribution in [0.2, 0.25) is 0 Å². The minimum Gasteiger partial charge on any atom is -0.266 e. The molecule has 1 heterocycles. The van der Waals surface area contributed by atoms with Crippen molar-refractivity contribution >= 4 is 17.3 Å². The molecule has 7 nitrogen and oxygen atoms in total. The number of aromatic nitrogens is 1. The van der Waals surface area contributed by atoms with Crippen LogP contribution >= 0.6 is 0 Å². The van der Waals surface area contributed by atoms with Crippen molar-refractivity contribution in [1.29, 1.82) is 0 Å². The van der Waals surface area contributed by atoms with Crippen LogP contribution < -0.4 is 9.99 Å². The van der Waals surface area contributed by atoms with E-state index in [-0.39, 0.29) is 18.1 Å². The van der Waals surface area contributed by atoms with Gasteiger partial charge in [0.2, 0.25) is 6.54 Å². The predicted molar refractivity (Wildman–Crippen MR) is 80.1 cm³/mol. The van der Waals surface area contributed by atoms with E-state index in [2.05, 4.69) is 10.5 Å². The summed E-state index contributed by atoms with van der Waals surface area (Å²) in [5.41, 5.74) is 3.75. The van der Waals surface area contributed by atoms with E-state index < -0.39 is 4.92 Å². The highest BCUT2D eigenvalue weighted by atomic mass is 16.6. The molecular weight excluding hydrogens is 284 g/mol. The summed E-state index contributed by atoms with van der Waals surface area (Å²) in [5.74, 6) is -0.252. The Morgan fingerprint density at radius 3 is 2.45 bits per heavy atom. The molecule has 0 aliphatic rings. The summed E-state index contributed by atoms with van der Waals surface area (Å²) < 4.78 is 1.73. The number of nitrogens with zero attached hydrogens (tertiary/aromatic N) is 3. The zero-order chi connectivity index (χ0) is 15.9. The van der Waals surface area contributed by atoms with Crippen molar-refractivity contribution in [3.05, 3.63) is 70.5 Å². The Kier molecular flexibility index (Phi) is 4.92. The van der Waals surface area contributed by atoms with Gasteiger partial charge in [0.15, 0.2) is 12.4 Å². The van der Waals surface area contributed by atoms with Gasteiger partial charge >= 0.3 is 5.91 Å². The largest absolute Gasteiger partial charge is 0.305 e. The lowest BCUT2D eigenvalue weighted by Crippen LogP contribution is -2.41. The van der Waals surface area contributed by atoms with E-state index in [1.54, 1.807) is 36.0 Å². The van der Waals surface area contributed by atoms with Gasteiger partial charge in [-0.05, 0) is 24.6 Å². The van der Waals surface area contributed by atoms with Gasteiger partial charge in [0.05, 0.1) is 10.6 Å². The lowest BCUT2D eigenvalue weighted by atomic mass is 10.1. The van der Waals surface area contributed by atoms with E-state index in [4.69, 9.17) is 0 Å². The van der Waals surface area contributed by atoms with Crippen molar-refractivity contribution in [2.24, 2.45) is 5.10 Å². The quantitative estimate of drug-likeness (QED) is 0.392. The van der Waals surface area contributed by atoms with E-state index in [1.807, 2.05) is 18.2 Å². The van der Waals surface area contributed by atoms with Gasteiger partial charge in [-0.1, -0.05) is 6.07 Å². The summed E-state index contributed by atoms with van der Waals surface area (Å²) in [5, 5.41) is 14.6. The van der Waals surface area contributed by atoms with Gasteiger partial charge in [0, 0.05) is 24.3 Å². The second-order valence-electron chi connectivity index (χ2n) is 4.58. The topological polar surface area (TPSA) is 88.5 Å². The molecule has 0 bridgehead atoms. The van der Waals surface area contributed by atoms with E-state index in [1.165, 1.54) is 12.1 Å². The molecule has 112 valence electrons. The number of non-ortho nitro benzene ring substituents is 1. The zero-order valence-corrected chi connectivity index (χ0v) is 12.0. The number of nitro groups is 1. The lowest BCUT2D eigenvalue weighted by molar-refractivity contribution is -0.684. The Hall–Kier alpha value is -3.09. The first-order valence-corrected chi connectivity index (χ1v) is 6.58. The first-order valence-electron chi connectivity index (χ1n) is 6.58. The predicted octanol–water partition coefficient (Wildman–Crippen LogP) is 1.42. The fourth-order valence-corrected chi connectivity index (χ4v) is 1.78. The molecule has 7 heteroatoms. The van der Waals surface area contributed by atoms with Gasteiger partial charge < -0.3 is 0 Å². The van der Waals surface area contributed by atoms with Crippen LogP contribution in [0.5, 0.6) is 0 Å². The molecule has 0 aliphatic carbocycles. The number of rotatable bonds is 5. The summed E-state index contributed by atoms with van der Waals surface area (Å²) in [6.45, 7) is 1.88. The molecule has 2 rings (SSSR count). The highest BCUT2D eigenvalue weighted by molar-refractivity contribution is 5.99. The molecule has 0 radical (unpaired) electrons. The molecular formula is C15H15N4O3+. The van der Waals surface area contributed by atoms with Crippen LogP contribution in [0.4, 0.5) is 5.69 Å². The zero-order valence-electron chi connectivity index (χ0n) is 12.0. The average Bonchev–Trinajstić information content (AvgIpc) is 2.53. The Balaban J connectivity index is 1.97. The molecule has 22 heavy (non-hydrogen) atoms. The molecule has 0 atom stereocenters. The Labute approximate surface area is 127 Å². The lowest BCUT2D eigenvalue weighted by Gasteiger charge is -2.01. The van der Waals surface area contributed by atoms with Crippen molar-refractivity contribution in [1.82, 2.24) is 5.43 Å². The van der Waals surface area contributed by atoms with Crippen LogP contribution in [0.15, 0.2) is 60.0 Å². The van der Waals surface area contributed by atoms with Gasteiger partial charge in [0.1, 0.15) is 0 Å². The van der Waals surface area contributed by atoms with Gasteiger partial charge in [-0.15, -0.1) is 0 Å². The van der Waals surface area contributed by atoms with Crippen LogP contribution in [0, 0.1) is 10.1 Å². The maximum Gasteiger partial charge on any atom is 0.305 e. The van der Waals surface area contributed by atoms with Crippen LogP contribution in [-0.2, 0) is 11.3 Å². The third-order valence-corrected chi connectivity index (χ3v) is 2.95. The number of nitro benzene ring substituents is 1. The maximum absolute atomic E-state index is 11.8. The SMILES string of the molecule is C/C(=N\NC(=O)C[n+]1ccccc1)c1ccc([N+](=O)[O-])cc1. The highest BCUT2D eigenvalue weighted by Crippen LogP contribution is 2.12. The van der Waals surface area contributed by atoms with Crippen LogP contribution in [0.25, 0.3) is 0 Å². The molecule has 1 aromatic carbocycles. The van der Waals surface area contributed by atoms with Crippen molar-refractivity contribution in [2.45, 2.75) is 13.5 Å². The molecule has 1 N–H and O–H groups in total. The first-order chi connectivity index (χ1) is 10.6. The van der Waals surface area contributed by atoms with Crippen molar-refractivity contribution in [2.75, 3.05) is 0 Å². The van der Waals surface area contributed by atoms with E-state index in [0.717, 1.165) is 0 Å². The van der Waals surface area contributed by atoms with Gasteiger partial charge in [0.25, 0.3) is 5.69 Å². The maximum atomic E-state index is 11.8. The average molecular weight is 299 g/mol. The second-order valence-corrected chi connectivity index (χ2v) is 4.58. The Morgan fingerprint density at radius 2 is 1.86 bits per heavy atom. The third kappa shape index (κ3) is 4.20. The molecule has 0 spiro atoms. The fraction of sp³-hybridized carbons (Fsp3) is 0.133. The van der Waals surface area contributed by atoms with Crippen molar-refractivity contribution < 1.29 is 14.3 Å². The summed E-state index contributed by atoms with van der Waals surface area (Å²) in [4.78, 5) is 21.9. The molecule has 1 aromatic heterocycles. The normalized spacial score (nSPS) is 11.0. The fourth-order valence-electron chi connectivity index (χ4n) is 1.78. The number of nitrogens with one attached hydrogen (secondary N) is 1. The number of carbonyl (C=O) groups excluding carboxylic acids is 1. The summed E-state index contributed by atoms with van der Waals surface area (Å²) in [6, 6.07) is 11.5. The molecule has 0 saturated carbocycles. The molecule has 1 amide bonds. The van der Waals surface area contributed by atoms with Gasteiger partial charge in [-0.2, -0.15) is 9.67 Å². The molecule has 2 aromatic rings. The monoisotopic (exact) mass is 299 g/mol.